The normalized spacial score (nSPS) is 12.2. The van der Waals surface area contributed by atoms with E-state index in [1.54, 1.807) is 36.5 Å². The molecule has 0 spiro atoms. The van der Waals surface area contributed by atoms with Crippen LogP contribution < -0.4 is 5.32 Å². The monoisotopic (exact) mass is 452 g/mol. The lowest BCUT2D eigenvalue weighted by molar-refractivity contribution is -0.117. The number of imidazole rings is 1. The Bertz CT molecular complexity index is 1220. The third-order valence-electron chi connectivity index (χ3n) is 4.63. The number of hydrogen-bond acceptors (Lipinski definition) is 4. The Morgan fingerprint density at radius 1 is 1.19 bits per heavy atom. The maximum Gasteiger partial charge on any atom is 0.244 e. The van der Waals surface area contributed by atoms with Crippen molar-refractivity contribution in [2.75, 3.05) is 0 Å². The first-order chi connectivity index (χ1) is 15.0. The van der Waals surface area contributed by atoms with Crippen molar-refractivity contribution >= 4 is 34.9 Å². The van der Waals surface area contributed by atoms with Crippen LogP contribution in [0.15, 0.2) is 72.4 Å². The number of nitrogens with zero attached hydrogens (tertiary/aromatic N) is 3. The summed E-state index contributed by atoms with van der Waals surface area (Å²) in [5.41, 5.74) is 2.35. The summed E-state index contributed by atoms with van der Waals surface area (Å²) in [4.78, 5) is 21.5. The molecule has 5 nitrogen and oxygen atoms in total. The molecule has 0 saturated carbocycles. The van der Waals surface area contributed by atoms with Gasteiger partial charge in [0.2, 0.25) is 5.91 Å². The minimum Gasteiger partial charge on any atom is -0.339 e. The van der Waals surface area contributed by atoms with Gasteiger partial charge >= 0.3 is 0 Å². The van der Waals surface area contributed by atoms with Gasteiger partial charge in [-0.25, -0.2) is 14.4 Å². The standard InChI is InChI=1S/C23H18ClFN4OS/c1-29-13-12-26-22(29)21(15-2-6-17(24)7-3-15)28-20(30)11-10-19-14-31-23(27-19)16-4-8-18(25)9-5-16/h2-14,21H,1H3,(H,28,30)/b11-10+. The van der Waals surface area contributed by atoms with Gasteiger partial charge in [0.15, 0.2) is 0 Å². The summed E-state index contributed by atoms with van der Waals surface area (Å²) < 4.78 is 15.0. The first-order valence-electron chi connectivity index (χ1n) is 9.42. The first kappa shape index (κ1) is 21.0. The van der Waals surface area contributed by atoms with Gasteiger partial charge in [-0.05, 0) is 48.0 Å². The van der Waals surface area contributed by atoms with Crippen LogP contribution in [0.5, 0.6) is 0 Å². The van der Waals surface area contributed by atoms with E-state index in [4.69, 9.17) is 11.6 Å². The van der Waals surface area contributed by atoms with Gasteiger partial charge in [-0.3, -0.25) is 4.79 Å². The van der Waals surface area contributed by atoms with E-state index >= 15 is 0 Å². The molecule has 4 rings (SSSR count). The minimum absolute atomic E-state index is 0.278. The quantitative estimate of drug-likeness (QED) is 0.406. The minimum atomic E-state index is -0.431. The van der Waals surface area contributed by atoms with Crippen LogP contribution >= 0.6 is 22.9 Å². The predicted octanol–water partition coefficient (Wildman–Crippen LogP) is 5.26. The van der Waals surface area contributed by atoms with Crippen LogP contribution in [-0.2, 0) is 11.8 Å². The zero-order valence-corrected chi connectivity index (χ0v) is 18.1. The molecule has 1 atom stereocenters. The van der Waals surface area contributed by atoms with E-state index in [-0.39, 0.29) is 11.7 Å². The number of benzene rings is 2. The lowest BCUT2D eigenvalue weighted by Gasteiger charge is -2.18. The fraction of sp³-hybridized carbons (Fsp3) is 0.0870. The maximum atomic E-state index is 13.1. The van der Waals surface area contributed by atoms with Crippen molar-refractivity contribution in [3.8, 4) is 10.6 Å². The van der Waals surface area contributed by atoms with Gasteiger partial charge in [-0.15, -0.1) is 11.3 Å². The number of rotatable bonds is 6. The number of amides is 1. The molecule has 1 amide bonds. The number of aromatic nitrogens is 3. The Morgan fingerprint density at radius 2 is 1.94 bits per heavy atom. The largest absolute Gasteiger partial charge is 0.339 e. The molecule has 0 radical (unpaired) electrons. The zero-order chi connectivity index (χ0) is 21.8. The van der Waals surface area contributed by atoms with E-state index < -0.39 is 6.04 Å². The molecule has 0 saturated heterocycles. The highest BCUT2D eigenvalue weighted by Gasteiger charge is 2.20. The number of carbonyl (C=O) groups excluding carboxylic acids is 1. The van der Waals surface area contributed by atoms with Crippen LogP contribution in [0.3, 0.4) is 0 Å². The van der Waals surface area contributed by atoms with Gasteiger partial charge in [0.25, 0.3) is 0 Å². The molecule has 156 valence electrons. The van der Waals surface area contributed by atoms with Crippen molar-refractivity contribution in [3.63, 3.8) is 0 Å². The summed E-state index contributed by atoms with van der Waals surface area (Å²) in [7, 11) is 1.87. The third-order valence-corrected chi connectivity index (χ3v) is 5.79. The van der Waals surface area contributed by atoms with Crippen molar-refractivity contribution in [1.82, 2.24) is 19.9 Å². The van der Waals surface area contributed by atoms with Crippen LogP contribution in [0.4, 0.5) is 4.39 Å². The summed E-state index contributed by atoms with van der Waals surface area (Å²) in [6.45, 7) is 0. The summed E-state index contributed by atoms with van der Waals surface area (Å²) in [6.07, 6.45) is 6.60. The number of hydrogen-bond donors (Lipinski definition) is 1. The molecule has 1 unspecified atom stereocenters. The Morgan fingerprint density at radius 3 is 2.61 bits per heavy atom. The highest BCUT2D eigenvalue weighted by atomic mass is 35.5. The number of thiazole rings is 1. The Balaban J connectivity index is 1.50. The van der Waals surface area contributed by atoms with E-state index in [0.29, 0.717) is 16.5 Å². The summed E-state index contributed by atoms with van der Waals surface area (Å²) in [6, 6.07) is 13.0. The van der Waals surface area contributed by atoms with Gasteiger partial charge in [0, 0.05) is 41.5 Å². The van der Waals surface area contributed by atoms with Crippen LogP contribution in [0, 0.1) is 5.82 Å². The molecule has 2 aromatic heterocycles. The van der Waals surface area contributed by atoms with Crippen molar-refractivity contribution in [2.45, 2.75) is 6.04 Å². The van der Waals surface area contributed by atoms with Gasteiger partial charge in [-0.1, -0.05) is 23.7 Å². The maximum absolute atomic E-state index is 13.1. The average Bonchev–Trinajstić information content (AvgIpc) is 3.41. The van der Waals surface area contributed by atoms with E-state index in [2.05, 4.69) is 15.3 Å². The molecule has 0 aliphatic carbocycles. The summed E-state index contributed by atoms with van der Waals surface area (Å²) >= 11 is 7.44. The highest BCUT2D eigenvalue weighted by molar-refractivity contribution is 7.13. The second-order valence-corrected chi connectivity index (χ2v) is 8.10. The van der Waals surface area contributed by atoms with Crippen LogP contribution in [0.2, 0.25) is 5.02 Å². The molecule has 8 heteroatoms. The summed E-state index contributed by atoms with van der Waals surface area (Å²) in [5.74, 6) is 0.135. The number of nitrogens with one attached hydrogen (secondary N) is 1. The van der Waals surface area contributed by atoms with Crippen molar-refractivity contribution in [2.24, 2.45) is 7.05 Å². The highest BCUT2D eigenvalue weighted by Crippen LogP contribution is 2.25. The number of aryl methyl sites for hydroxylation is 1. The van der Waals surface area contributed by atoms with Crippen LogP contribution in [-0.4, -0.2) is 20.4 Å². The lowest BCUT2D eigenvalue weighted by atomic mass is 10.1. The molecule has 0 bridgehead atoms. The molecular formula is C23H18ClFN4OS. The van der Waals surface area contributed by atoms with Crippen molar-refractivity contribution in [1.29, 1.82) is 0 Å². The Kier molecular flexibility index (Phi) is 6.25. The van der Waals surface area contributed by atoms with Gasteiger partial charge in [-0.2, -0.15) is 0 Å². The van der Waals surface area contributed by atoms with Crippen molar-refractivity contribution in [3.05, 3.63) is 100 Å². The molecule has 2 heterocycles. The lowest BCUT2D eigenvalue weighted by Crippen LogP contribution is -2.29. The van der Waals surface area contributed by atoms with Gasteiger partial charge in [0.05, 0.1) is 5.69 Å². The van der Waals surface area contributed by atoms with E-state index in [9.17, 15) is 9.18 Å². The molecule has 4 aromatic rings. The molecule has 1 N–H and O–H groups in total. The summed E-state index contributed by atoms with van der Waals surface area (Å²) in [5, 5.41) is 6.21. The molecule has 0 fully saturated rings. The van der Waals surface area contributed by atoms with Gasteiger partial charge < -0.3 is 9.88 Å². The predicted molar refractivity (Wildman–Crippen MR) is 121 cm³/mol. The fourth-order valence-corrected chi connectivity index (χ4v) is 3.97. The number of carbonyl (C=O) groups is 1. The molecule has 31 heavy (non-hydrogen) atoms. The van der Waals surface area contributed by atoms with E-state index in [1.807, 2.05) is 35.3 Å². The molecular weight excluding hydrogens is 435 g/mol. The van der Waals surface area contributed by atoms with Gasteiger partial charge in [0.1, 0.15) is 22.7 Å². The van der Waals surface area contributed by atoms with Crippen LogP contribution in [0.25, 0.3) is 16.6 Å². The first-order valence-corrected chi connectivity index (χ1v) is 10.7. The Labute approximate surface area is 187 Å². The molecule has 0 aliphatic heterocycles. The second kappa shape index (κ2) is 9.24. The van der Waals surface area contributed by atoms with E-state index in [1.165, 1.54) is 29.5 Å². The SMILES string of the molecule is Cn1ccnc1C(NC(=O)/C=C/c1csc(-c2ccc(F)cc2)n1)c1ccc(Cl)cc1. The second-order valence-electron chi connectivity index (χ2n) is 6.81. The topological polar surface area (TPSA) is 59.8 Å². The van der Waals surface area contributed by atoms with Crippen LogP contribution in [0.1, 0.15) is 23.1 Å². The number of halogens is 2. The zero-order valence-electron chi connectivity index (χ0n) is 16.5. The fourth-order valence-electron chi connectivity index (χ4n) is 3.05. The van der Waals surface area contributed by atoms with E-state index in [0.717, 1.165) is 16.1 Å². The molecule has 0 aliphatic rings. The average molecular weight is 453 g/mol. The third kappa shape index (κ3) is 5.07. The van der Waals surface area contributed by atoms with Crippen molar-refractivity contribution < 1.29 is 9.18 Å². The Hall–Kier alpha value is -3.29. The molecule has 2 aromatic carbocycles. The smallest absolute Gasteiger partial charge is 0.244 e.